The highest BCUT2D eigenvalue weighted by Crippen LogP contribution is 2.38. The van der Waals surface area contributed by atoms with Gasteiger partial charge in [-0.15, -0.1) is 0 Å². The van der Waals surface area contributed by atoms with Gasteiger partial charge >= 0.3 is 10.0 Å². The summed E-state index contributed by atoms with van der Waals surface area (Å²) in [5.41, 5.74) is 0.652. The number of nitrogens with zero attached hydrogens (tertiary/aromatic N) is 3. The molecule has 142 valence electrons. The average molecular weight is 399 g/mol. The summed E-state index contributed by atoms with van der Waals surface area (Å²) in [5.74, 6) is 0.399. The second-order valence-corrected chi connectivity index (χ2v) is 9.77. The Morgan fingerprint density at radius 1 is 1.42 bits per heavy atom. The van der Waals surface area contributed by atoms with Gasteiger partial charge in [-0.1, -0.05) is 31.5 Å². The first kappa shape index (κ1) is 19.4. The van der Waals surface area contributed by atoms with Gasteiger partial charge in [0, 0.05) is 43.4 Å². The standard InChI is InChI=1S/C18H25ClN3O3S/c1-14(2)12-25-17-7-8-22(11-17,16-6-4-5-15(19)9-16)26(23,24)18-10-21(3)13-20-18/h4-6,9-10,13-14,17H,7-8,11-12H2,1-3H3/q+1/t17-,22-/m0/s1. The second kappa shape index (κ2) is 7.31. The summed E-state index contributed by atoms with van der Waals surface area (Å²) in [6, 6.07) is 7.08. The molecule has 2 aromatic rings. The number of ether oxygens (including phenoxy) is 1. The molecule has 0 N–H and O–H groups in total. The van der Waals surface area contributed by atoms with E-state index in [9.17, 15) is 8.42 Å². The number of aromatic nitrogens is 2. The molecule has 2 atom stereocenters. The van der Waals surface area contributed by atoms with Crippen molar-refractivity contribution < 1.29 is 13.2 Å². The lowest BCUT2D eigenvalue weighted by atomic mass is 10.2. The van der Waals surface area contributed by atoms with Crippen LogP contribution in [0.5, 0.6) is 0 Å². The molecule has 1 fully saturated rings. The molecule has 3 rings (SSSR count). The molecule has 8 heteroatoms. The number of sulfonamides is 1. The number of quaternary nitrogens is 1. The summed E-state index contributed by atoms with van der Waals surface area (Å²) in [6.45, 7) is 5.56. The lowest BCUT2D eigenvalue weighted by molar-refractivity contribution is 0.0457. The number of hydrogen-bond acceptors (Lipinski definition) is 4. The highest BCUT2D eigenvalue weighted by molar-refractivity contribution is 7.90. The van der Waals surface area contributed by atoms with Crippen molar-refractivity contribution in [1.29, 1.82) is 0 Å². The normalized spacial score (nSPS) is 23.7. The summed E-state index contributed by atoms with van der Waals surface area (Å²) in [6.07, 6.45) is 3.60. The lowest BCUT2D eigenvalue weighted by Crippen LogP contribution is -2.52. The van der Waals surface area contributed by atoms with Gasteiger partial charge in [-0.25, -0.2) is 4.98 Å². The molecule has 1 aliphatic rings. The fourth-order valence-corrected chi connectivity index (χ4v) is 5.47. The predicted molar refractivity (Wildman–Crippen MR) is 103 cm³/mol. The van der Waals surface area contributed by atoms with Gasteiger partial charge in [-0.05, 0) is 12.0 Å². The zero-order chi connectivity index (χ0) is 18.9. The van der Waals surface area contributed by atoms with Crippen LogP contribution in [-0.4, -0.2) is 43.8 Å². The zero-order valence-corrected chi connectivity index (χ0v) is 16.9. The van der Waals surface area contributed by atoms with Crippen molar-refractivity contribution in [2.75, 3.05) is 19.7 Å². The third-order valence-electron chi connectivity index (χ3n) is 4.66. The van der Waals surface area contributed by atoms with Crippen molar-refractivity contribution in [3.05, 3.63) is 41.8 Å². The fourth-order valence-electron chi connectivity index (χ4n) is 3.35. The number of hydrogen-bond donors (Lipinski definition) is 0. The first-order valence-electron chi connectivity index (χ1n) is 8.72. The molecule has 0 spiro atoms. The van der Waals surface area contributed by atoms with Crippen LogP contribution in [0.1, 0.15) is 20.3 Å². The van der Waals surface area contributed by atoms with Gasteiger partial charge in [0.05, 0.1) is 6.33 Å². The van der Waals surface area contributed by atoms with Gasteiger partial charge in [-0.2, -0.15) is 12.3 Å². The molecule has 0 bridgehead atoms. The van der Waals surface area contributed by atoms with Gasteiger partial charge < -0.3 is 9.30 Å². The van der Waals surface area contributed by atoms with Crippen molar-refractivity contribution in [2.45, 2.75) is 31.4 Å². The van der Waals surface area contributed by atoms with Crippen LogP contribution < -0.4 is 3.89 Å². The maximum Gasteiger partial charge on any atom is 0.351 e. The maximum absolute atomic E-state index is 13.6. The predicted octanol–water partition coefficient (Wildman–Crippen LogP) is 3.21. The van der Waals surface area contributed by atoms with E-state index in [1.54, 1.807) is 36.0 Å². The molecule has 0 unspecified atom stereocenters. The highest BCUT2D eigenvalue weighted by Gasteiger charge is 2.52. The van der Waals surface area contributed by atoms with Crippen LogP contribution in [0.4, 0.5) is 5.69 Å². The Kier molecular flexibility index (Phi) is 5.44. The quantitative estimate of drug-likeness (QED) is 0.701. The molecule has 0 saturated carbocycles. The van der Waals surface area contributed by atoms with E-state index < -0.39 is 10.0 Å². The van der Waals surface area contributed by atoms with Gasteiger partial charge in [0.25, 0.3) is 0 Å². The van der Waals surface area contributed by atoms with Crippen molar-refractivity contribution in [3.63, 3.8) is 0 Å². The Labute approximate surface area is 160 Å². The molecule has 1 aromatic heterocycles. The van der Waals surface area contributed by atoms with Crippen LogP contribution in [0.25, 0.3) is 0 Å². The van der Waals surface area contributed by atoms with Crippen LogP contribution in [0.3, 0.4) is 0 Å². The minimum absolute atomic E-state index is 0.0736. The number of aryl methyl sites for hydroxylation is 1. The molecular formula is C18H25ClN3O3S+. The van der Waals surface area contributed by atoms with Gasteiger partial charge in [-0.3, -0.25) is 0 Å². The Hall–Kier alpha value is -1.41. The van der Waals surface area contributed by atoms with E-state index in [4.69, 9.17) is 16.3 Å². The largest absolute Gasteiger partial charge is 0.372 e. The SMILES string of the molecule is CC(C)CO[C@H]1CC[N@+](c2cccc(Cl)c2)(S(=O)(=O)c2cn(C)cn2)C1. The van der Waals surface area contributed by atoms with E-state index in [2.05, 4.69) is 18.8 Å². The van der Waals surface area contributed by atoms with Crippen LogP contribution in [-0.2, 0) is 21.8 Å². The third-order valence-corrected chi connectivity index (χ3v) is 7.10. The average Bonchev–Trinajstić information content (AvgIpc) is 3.20. The molecule has 2 heterocycles. The van der Waals surface area contributed by atoms with Crippen LogP contribution in [0.15, 0.2) is 41.8 Å². The van der Waals surface area contributed by atoms with Crippen molar-refractivity contribution in [2.24, 2.45) is 13.0 Å². The first-order chi connectivity index (χ1) is 12.2. The van der Waals surface area contributed by atoms with Crippen molar-refractivity contribution >= 4 is 27.3 Å². The van der Waals surface area contributed by atoms with E-state index in [0.29, 0.717) is 42.7 Å². The molecule has 0 amide bonds. The van der Waals surface area contributed by atoms with E-state index in [1.807, 2.05) is 6.07 Å². The number of imidazole rings is 1. The lowest BCUT2D eigenvalue weighted by Gasteiger charge is -2.31. The van der Waals surface area contributed by atoms with E-state index >= 15 is 0 Å². The first-order valence-corrected chi connectivity index (χ1v) is 10.5. The summed E-state index contributed by atoms with van der Waals surface area (Å²) < 4.78 is 34.5. The molecule has 1 aliphatic heterocycles. The molecule has 0 radical (unpaired) electrons. The van der Waals surface area contributed by atoms with Crippen LogP contribution in [0.2, 0.25) is 5.02 Å². The minimum Gasteiger partial charge on any atom is -0.372 e. The number of benzene rings is 1. The zero-order valence-electron chi connectivity index (χ0n) is 15.3. The Balaban J connectivity index is 2.04. The van der Waals surface area contributed by atoms with Gasteiger partial charge in [0.2, 0.25) is 5.03 Å². The Bertz CT molecular complexity index is 881. The maximum atomic E-state index is 13.6. The van der Waals surface area contributed by atoms with Crippen LogP contribution >= 0.6 is 11.6 Å². The molecule has 1 aromatic carbocycles. The third kappa shape index (κ3) is 3.53. The summed E-state index contributed by atoms with van der Waals surface area (Å²) in [7, 11) is -2.00. The number of rotatable bonds is 6. The fraction of sp³-hybridized carbons (Fsp3) is 0.500. The molecule has 0 aliphatic carbocycles. The summed E-state index contributed by atoms with van der Waals surface area (Å²) >= 11 is 6.17. The molecule has 26 heavy (non-hydrogen) atoms. The monoisotopic (exact) mass is 398 g/mol. The van der Waals surface area contributed by atoms with Crippen molar-refractivity contribution in [3.8, 4) is 0 Å². The van der Waals surface area contributed by atoms with Crippen molar-refractivity contribution in [1.82, 2.24) is 13.4 Å². The topological polar surface area (TPSA) is 61.2 Å². The summed E-state index contributed by atoms with van der Waals surface area (Å²) in [5, 5.41) is 0.590. The number of halogens is 1. The summed E-state index contributed by atoms with van der Waals surface area (Å²) in [4.78, 5) is 4.11. The molecular weight excluding hydrogens is 374 g/mol. The highest BCUT2D eigenvalue weighted by atomic mass is 35.5. The second-order valence-electron chi connectivity index (χ2n) is 7.27. The van der Waals surface area contributed by atoms with Gasteiger partial charge in [0.1, 0.15) is 24.9 Å². The van der Waals surface area contributed by atoms with E-state index in [1.165, 1.54) is 6.33 Å². The van der Waals surface area contributed by atoms with E-state index in [-0.39, 0.29) is 15.0 Å². The van der Waals surface area contributed by atoms with Crippen LogP contribution in [0, 0.1) is 5.92 Å². The van der Waals surface area contributed by atoms with E-state index in [0.717, 1.165) is 0 Å². The molecule has 6 nitrogen and oxygen atoms in total. The molecule has 1 saturated heterocycles. The minimum atomic E-state index is -3.75. The Morgan fingerprint density at radius 3 is 2.81 bits per heavy atom. The Morgan fingerprint density at radius 2 is 2.19 bits per heavy atom. The van der Waals surface area contributed by atoms with Gasteiger partial charge in [0.15, 0.2) is 0 Å². The smallest absolute Gasteiger partial charge is 0.351 e.